The van der Waals surface area contributed by atoms with Crippen molar-refractivity contribution in [3.05, 3.63) is 35.9 Å². The molecule has 96 valence electrons. The van der Waals surface area contributed by atoms with Crippen LogP contribution < -0.4 is 0 Å². The van der Waals surface area contributed by atoms with Crippen molar-refractivity contribution >= 4 is 0 Å². The van der Waals surface area contributed by atoms with Gasteiger partial charge in [0.1, 0.15) is 0 Å². The summed E-state index contributed by atoms with van der Waals surface area (Å²) < 4.78 is 0. The highest BCUT2D eigenvalue weighted by Gasteiger charge is 2.22. The van der Waals surface area contributed by atoms with E-state index in [0.29, 0.717) is 0 Å². The minimum atomic E-state index is 0.101. The van der Waals surface area contributed by atoms with Crippen molar-refractivity contribution in [2.24, 2.45) is 0 Å². The Labute approximate surface area is 110 Å². The number of piperazine rings is 1. The Balaban J connectivity index is 1.82. The van der Waals surface area contributed by atoms with Crippen LogP contribution in [0.15, 0.2) is 30.3 Å². The zero-order valence-electron chi connectivity index (χ0n) is 11.0. The summed E-state index contributed by atoms with van der Waals surface area (Å²) in [6.45, 7) is 7.26. The molecule has 1 heterocycles. The first kappa shape index (κ1) is 13.1. The summed E-state index contributed by atoms with van der Waals surface area (Å²) in [7, 11) is 0. The Morgan fingerprint density at radius 1 is 1.17 bits per heavy atom. The van der Waals surface area contributed by atoms with Gasteiger partial charge in [-0.15, -0.1) is 0 Å². The first-order valence-electron chi connectivity index (χ1n) is 6.73. The van der Waals surface area contributed by atoms with Crippen molar-refractivity contribution in [2.75, 3.05) is 26.2 Å². The van der Waals surface area contributed by atoms with E-state index < -0.39 is 0 Å². The number of nitrogens with zero attached hydrogens (tertiary/aromatic N) is 3. The minimum Gasteiger partial charge on any atom is -0.297 e. The molecular weight excluding hydrogens is 222 g/mol. The van der Waals surface area contributed by atoms with E-state index in [4.69, 9.17) is 5.26 Å². The second-order valence-electron chi connectivity index (χ2n) is 4.85. The summed E-state index contributed by atoms with van der Waals surface area (Å²) in [5, 5.41) is 9.07. The number of nitriles is 1. The van der Waals surface area contributed by atoms with Crippen LogP contribution in [0.25, 0.3) is 0 Å². The Morgan fingerprint density at radius 3 is 2.39 bits per heavy atom. The molecule has 0 aliphatic carbocycles. The van der Waals surface area contributed by atoms with Crippen molar-refractivity contribution in [1.82, 2.24) is 9.80 Å². The predicted molar refractivity (Wildman–Crippen MR) is 73.0 cm³/mol. The largest absolute Gasteiger partial charge is 0.297 e. The normalized spacial score (nSPS) is 19.3. The first-order valence-corrected chi connectivity index (χ1v) is 6.73. The Kier molecular flexibility index (Phi) is 4.74. The molecule has 0 aromatic heterocycles. The summed E-state index contributed by atoms with van der Waals surface area (Å²) in [6, 6.07) is 13.1. The summed E-state index contributed by atoms with van der Waals surface area (Å²) >= 11 is 0. The molecule has 2 rings (SSSR count). The van der Waals surface area contributed by atoms with E-state index in [2.05, 4.69) is 53.1 Å². The zero-order chi connectivity index (χ0) is 12.8. The molecule has 0 N–H and O–H groups in total. The highest BCUT2D eigenvalue weighted by molar-refractivity contribution is 5.14. The summed E-state index contributed by atoms with van der Waals surface area (Å²) in [4.78, 5) is 4.78. The van der Waals surface area contributed by atoms with Crippen molar-refractivity contribution in [3.63, 3.8) is 0 Å². The maximum Gasteiger partial charge on any atom is 0.0976 e. The predicted octanol–water partition coefficient (Wildman–Crippen LogP) is 2.11. The van der Waals surface area contributed by atoms with Gasteiger partial charge in [-0.25, -0.2) is 0 Å². The lowest BCUT2D eigenvalue weighted by atomic mass is 10.1. The van der Waals surface area contributed by atoms with Crippen LogP contribution in [0, 0.1) is 11.3 Å². The molecule has 0 bridgehead atoms. The fraction of sp³-hybridized carbons (Fsp3) is 0.533. The molecule has 0 amide bonds. The standard InChI is InChI=1S/C15H21N3/c1-2-15(12-16)18-10-8-17(9-11-18)13-14-6-4-3-5-7-14/h3-7,15H,2,8-11,13H2,1H3. The van der Waals surface area contributed by atoms with Crippen LogP contribution in [0.5, 0.6) is 0 Å². The van der Waals surface area contributed by atoms with Gasteiger partial charge < -0.3 is 0 Å². The van der Waals surface area contributed by atoms with Gasteiger partial charge in [0.05, 0.1) is 12.1 Å². The van der Waals surface area contributed by atoms with Crippen molar-refractivity contribution < 1.29 is 0 Å². The number of benzene rings is 1. The Morgan fingerprint density at radius 2 is 1.83 bits per heavy atom. The molecule has 0 spiro atoms. The van der Waals surface area contributed by atoms with Crippen molar-refractivity contribution in [1.29, 1.82) is 5.26 Å². The van der Waals surface area contributed by atoms with E-state index >= 15 is 0 Å². The molecule has 1 aliphatic heterocycles. The summed E-state index contributed by atoms with van der Waals surface area (Å²) in [5.41, 5.74) is 1.37. The highest BCUT2D eigenvalue weighted by atomic mass is 15.3. The average Bonchev–Trinajstić information content (AvgIpc) is 2.43. The molecule has 1 fully saturated rings. The third-order valence-corrected chi connectivity index (χ3v) is 3.63. The van der Waals surface area contributed by atoms with E-state index in [9.17, 15) is 0 Å². The minimum absolute atomic E-state index is 0.101. The van der Waals surface area contributed by atoms with Crippen molar-refractivity contribution in [2.45, 2.75) is 25.9 Å². The third-order valence-electron chi connectivity index (χ3n) is 3.63. The lowest BCUT2D eigenvalue weighted by Gasteiger charge is -2.36. The van der Waals surface area contributed by atoms with Crippen molar-refractivity contribution in [3.8, 4) is 6.07 Å². The quantitative estimate of drug-likeness (QED) is 0.811. The van der Waals surface area contributed by atoms with E-state index in [-0.39, 0.29) is 6.04 Å². The second-order valence-corrected chi connectivity index (χ2v) is 4.85. The lowest BCUT2D eigenvalue weighted by Crippen LogP contribution is -2.49. The van der Waals surface area contributed by atoms with Gasteiger partial charge in [0, 0.05) is 32.7 Å². The molecule has 1 aliphatic rings. The molecular formula is C15H21N3. The van der Waals surface area contributed by atoms with Crippen LogP contribution in [-0.2, 0) is 6.54 Å². The summed E-state index contributed by atoms with van der Waals surface area (Å²) in [6.07, 6.45) is 0.926. The Bertz CT molecular complexity index is 388. The molecule has 1 saturated heterocycles. The van der Waals surface area contributed by atoms with Gasteiger partial charge in [-0.1, -0.05) is 37.3 Å². The topological polar surface area (TPSA) is 30.3 Å². The van der Waals surface area contributed by atoms with Gasteiger partial charge in [0.25, 0.3) is 0 Å². The molecule has 1 aromatic rings. The van der Waals surface area contributed by atoms with Crippen LogP contribution in [-0.4, -0.2) is 42.0 Å². The average molecular weight is 243 g/mol. The molecule has 18 heavy (non-hydrogen) atoms. The fourth-order valence-corrected chi connectivity index (χ4v) is 2.51. The van der Waals surface area contributed by atoms with Gasteiger partial charge in [0.2, 0.25) is 0 Å². The van der Waals surface area contributed by atoms with Gasteiger partial charge in [-0.3, -0.25) is 9.80 Å². The highest BCUT2D eigenvalue weighted by Crippen LogP contribution is 2.11. The Hall–Kier alpha value is -1.37. The van der Waals surface area contributed by atoms with E-state index in [1.165, 1.54) is 5.56 Å². The molecule has 1 aromatic carbocycles. The van der Waals surface area contributed by atoms with Crippen LogP contribution in [0.2, 0.25) is 0 Å². The van der Waals surface area contributed by atoms with Gasteiger partial charge >= 0.3 is 0 Å². The molecule has 1 unspecified atom stereocenters. The second kappa shape index (κ2) is 6.53. The number of hydrogen-bond acceptors (Lipinski definition) is 3. The molecule has 0 radical (unpaired) electrons. The van der Waals surface area contributed by atoms with E-state index in [1.54, 1.807) is 0 Å². The lowest BCUT2D eigenvalue weighted by molar-refractivity contribution is 0.108. The van der Waals surface area contributed by atoms with Crippen LogP contribution in [0.4, 0.5) is 0 Å². The smallest absolute Gasteiger partial charge is 0.0976 e. The monoisotopic (exact) mass is 243 g/mol. The van der Waals surface area contributed by atoms with Gasteiger partial charge in [-0.2, -0.15) is 5.26 Å². The maximum absolute atomic E-state index is 9.07. The molecule has 1 atom stereocenters. The van der Waals surface area contributed by atoms with Crippen LogP contribution in [0.3, 0.4) is 0 Å². The zero-order valence-corrected chi connectivity index (χ0v) is 11.0. The molecule has 3 heteroatoms. The van der Waals surface area contributed by atoms with Crippen LogP contribution >= 0.6 is 0 Å². The number of hydrogen-bond donors (Lipinski definition) is 0. The maximum atomic E-state index is 9.07. The van der Waals surface area contributed by atoms with Gasteiger partial charge in [0.15, 0.2) is 0 Å². The fourth-order valence-electron chi connectivity index (χ4n) is 2.51. The summed E-state index contributed by atoms with van der Waals surface area (Å²) in [5.74, 6) is 0. The third kappa shape index (κ3) is 3.32. The first-order chi connectivity index (χ1) is 8.83. The SMILES string of the molecule is CCC(C#N)N1CCN(Cc2ccccc2)CC1. The van der Waals surface area contributed by atoms with E-state index in [0.717, 1.165) is 39.1 Å². The van der Waals surface area contributed by atoms with Gasteiger partial charge in [-0.05, 0) is 12.0 Å². The molecule has 3 nitrogen and oxygen atoms in total. The molecule has 0 saturated carbocycles. The van der Waals surface area contributed by atoms with Crippen LogP contribution in [0.1, 0.15) is 18.9 Å². The number of rotatable bonds is 4. The van der Waals surface area contributed by atoms with E-state index in [1.807, 2.05) is 0 Å².